The van der Waals surface area contributed by atoms with Gasteiger partial charge in [-0.1, -0.05) is 16.4 Å². The van der Waals surface area contributed by atoms with Crippen molar-refractivity contribution in [3.05, 3.63) is 41.2 Å². The van der Waals surface area contributed by atoms with E-state index in [2.05, 4.69) is 25.9 Å². The van der Waals surface area contributed by atoms with Gasteiger partial charge >= 0.3 is 5.97 Å². The third kappa shape index (κ3) is 3.02. The molecule has 1 aromatic carbocycles. The molecule has 142 valence electrons. The topological polar surface area (TPSA) is 168 Å². The van der Waals surface area contributed by atoms with Crippen LogP contribution < -0.4 is 15.4 Å². The first-order chi connectivity index (χ1) is 13.4. The zero-order valence-electron chi connectivity index (χ0n) is 14.0. The molecule has 4 rings (SSSR count). The number of ether oxygens (including phenoxy) is 1. The molecule has 3 heterocycles. The van der Waals surface area contributed by atoms with Gasteiger partial charge in [0.2, 0.25) is 5.65 Å². The van der Waals surface area contributed by atoms with Crippen molar-refractivity contribution >= 4 is 29.1 Å². The molecule has 1 aliphatic heterocycles. The van der Waals surface area contributed by atoms with Gasteiger partial charge in [-0.2, -0.15) is 4.52 Å². The fourth-order valence-electron chi connectivity index (χ4n) is 2.65. The minimum absolute atomic E-state index is 0.0561. The highest BCUT2D eigenvalue weighted by Crippen LogP contribution is 2.28. The van der Waals surface area contributed by atoms with Crippen LogP contribution >= 0.6 is 0 Å². The molecule has 12 nitrogen and oxygen atoms in total. The molecule has 0 bridgehead atoms. The quantitative estimate of drug-likeness (QED) is 0.475. The molecule has 1 aliphatic rings. The summed E-state index contributed by atoms with van der Waals surface area (Å²) in [6.07, 6.45) is 0. The summed E-state index contributed by atoms with van der Waals surface area (Å²) < 4.78 is 6.08. The van der Waals surface area contributed by atoms with Crippen LogP contribution in [-0.4, -0.2) is 54.4 Å². The van der Waals surface area contributed by atoms with Crippen LogP contribution in [0.3, 0.4) is 0 Å². The van der Waals surface area contributed by atoms with E-state index in [0.29, 0.717) is 17.0 Å². The van der Waals surface area contributed by atoms with Crippen LogP contribution in [0.1, 0.15) is 26.5 Å². The maximum atomic E-state index is 12.4. The highest BCUT2D eigenvalue weighted by molar-refractivity contribution is 5.96. The minimum atomic E-state index is -1.36. The van der Waals surface area contributed by atoms with Gasteiger partial charge in [0.05, 0.1) is 5.69 Å². The number of nitrogens with zero attached hydrogens (tertiary/aromatic N) is 4. The van der Waals surface area contributed by atoms with E-state index in [0.717, 1.165) is 10.6 Å². The largest absolute Gasteiger partial charge is 0.489 e. The summed E-state index contributed by atoms with van der Waals surface area (Å²) in [5.74, 6) is -2.37. The number of hydrogen-bond donors (Lipinski definition) is 4. The number of benzene rings is 1. The highest BCUT2D eigenvalue weighted by Gasteiger charge is 2.20. The number of hydrogen-bond acceptors (Lipinski definition) is 8. The molecule has 0 aliphatic carbocycles. The van der Waals surface area contributed by atoms with Crippen LogP contribution in [0.15, 0.2) is 24.3 Å². The zero-order valence-corrected chi connectivity index (χ0v) is 14.0. The Hall–Kier alpha value is -4.22. The van der Waals surface area contributed by atoms with Gasteiger partial charge in [-0.05, 0) is 17.7 Å². The lowest BCUT2D eigenvalue weighted by molar-refractivity contribution is -0.118. The second-order valence-corrected chi connectivity index (χ2v) is 5.83. The fraction of sp³-hybridized carbons (Fsp3) is 0.125. The Bertz CT molecular complexity index is 1140. The molecule has 0 fully saturated rings. The second-order valence-electron chi connectivity index (χ2n) is 5.83. The number of aromatic hydroxyl groups is 1. The standard InChI is InChI=1S/C16H12N6O6/c23-12-6-28-11-2-1-7(3-8(11)18-12)5-17-14(24)9-4-10(16(26)27)22-13(19-9)15(25)20-21-22/h1-4,25H,5-6H2,(H,17,24)(H,18,23)(H,26,27). The Labute approximate surface area is 155 Å². The predicted molar refractivity (Wildman–Crippen MR) is 91.1 cm³/mol. The summed E-state index contributed by atoms with van der Waals surface area (Å²) in [6, 6.07) is 6.06. The van der Waals surface area contributed by atoms with Gasteiger partial charge in [-0.3, -0.25) is 9.59 Å². The molecular weight excluding hydrogens is 372 g/mol. The molecular formula is C16H12N6O6. The number of carbonyl (C=O) groups is 3. The predicted octanol–water partition coefficient (Wildman–Crippen LogP) is -0.211. The van der Waals surface area contributed by atoms with Crippen molar-refractivity contribution < 1.29 is 29.3 Å². The molecule has 0 radical (unpaired) electrons. The monoisotopic (exact) mass is 384 g/mol. The number of carbonyl (C=O) groups excluding carboxylic acids is 2. The smallest absolute Gasteiger partial charge is 0.354 e. The minimum Gasteiger partial charge on any atom is -0.489 e. The second kappa shape index (κ2) is 6.50. The molecule has 3 aromatic rings. The Morgan fingerprint density at radius 1 is 1.32 bits per heavy atom. The zero-order chi connectivity index (χ0) is 19.8. The van der Waals surface area contributed by atoms with Gasteiger partial charge in [0.25, 0.3) is 17.7 Å². The molecule has 0 saturated carbocycles. The van der Waals surface area contributed by atoms with E-state index in [1.165, 1.54) is 0 Å². The molecule has 0 unspecified atom stereocenters. The molecule has 2 aromatic heterocycles. The molecule has 0 saturated heterocycles. The van der Waals surface area contributed by atoms with Crippen LogP contribution in [0.4, 0.5) is 5.69 Å². The van der Waals surface area contributed by atoms with E-state index in [-0.39, 0.29) is 36.1 Å². The van der Waals surface area contributed by atoms with Crippen molar-refractivity contribution in [1.29, 1.82) is 0 Å². The van der Waals surface area contributed by atoms with Crippen molar-refractivity contribution in [2.24, 2.45) is 0 Å². The van der Waals surface area contributed by atoms with Crippen LogP contribution in [-0.2, 0) is 11.3 Å². The van der Waals surface area contributed by atoms with Gasteiger partial charge in [0, 0.05) is 12.6 Å². The van der Waals surface area contributed by atoms with E-state index < -0.39 is 17.8 Å². The molecule has 28 heavy (non-hydrogen) atoms. The maximum Gasteiger partial charge on any atom is 0.354 e. The van der Waals surface area contributed by atoms with Crippen molar-refractivity contribution in [3.8, 4) is 11.6 Å². The molecule has 0 atom stereocenters. The molecule has 12 heteroatoms. The number of fused-ring (bicyclic) bond motifs is 2. The molecule has 2 amide bonds. The Kier molecular flexibility index (Phi) is 3.99. The van der Waals surface area contributed by atoms with Crippen LogP contribution in [0, 0.1) is 0 Å². The van der Waals surface area contributed by atoms with Crippen LogP contribution in [0.5, 0.6) is 11.6 Å². The van der Waals surface area contributed by atoms with Crippen LogP contribution in [0.2, 0.25) is 0 Å². The SMILES string of the molecule is O=C1COc2ccc(CNC(=O)c3cc(C(=O)O)n4nnc(O)c4n3)cc2N1. The number of aromatic carboxylic acids is 1. The van der Waals surface area contributed by atoms with E-state index >= 15 is 0 Å². The number of amides is 2. The summed E-state index contributed by atoms with van der Waals surface area (Å²) in [4.78, 5) is 39.1. The number of anilines is 1. The van der Waals surface area contributed by atoms with Crippen molar-refractivity contribution in [3.63, 3.8) is 0 Å². The summed E-state index contributed by atoms with van der Waals surface area (Å²) in [6.45, 7) is 0.0280. The third-order valence-corrected chi connectivity index (χ3v) is 3.94. The van der Waals surface area contributed by atoms with Gasteiger partial charge < -0.3 is 25.6 Å². The highest BCUT2D eigenvalue weighted by atomic mass is 16.5. The number of carboxylic acid groups (broad SMARTS) is 1. The van der Waals surface area contributed by atoms with Gasteiger partial charge in [0.1, 0.15) is 11.4 Å². The number of carboxylic acids is 1. The Morgan fingerprint density at radius 3 is 2.93 bits per heavy atom. The number of aromatic nitrogens is 4. The Balaban J connectivity index is 1.56. The van der Waals surface area contributed by atoms with Crippen LogP contribution in [0.25, 0.3) is 5.65 Å². The fourth-order valence-corrected chi connectivity index (χ4v) is 2.65. The van der Waals surface area contributed by atoms with E-state index in [4.69, 9.17) is 4.74 Å². The summed E-state index contributed by atoms with van der Waals surface area (Å²) in [5, 5.41) is 31.0. The lowest BCUT2D eigenvalue weighted by Crippen LogP contribution is -2.27. The first kappa shape index (κ1) is 17.2. The lowest BCUT2D eigenvalue weighted by Gasteiger charge is -2.18. The average molecular weight is 384 g/mol. The van der Waals surface area contributed by atoms with Gasteiger partial charge in [-0.15, -0.1) is 0 Å². The molecule has 4 N–H and O–H groups in total. The third-order valence-electron chi connectivity index (χ3n) is 3.94. The van der Waals surface area contributed by atoms with Gasteiger partial charge in [-0.25, -0.2) is 9.78 Å². The first-order valence-electron chi connectivity index (χ1n) is 7.95. The average Bonchev–Trinajstić information content (AvgIpc) is 3.05. The number of nitrogens with one attached hydrogen (secondary N) is 2. The van der Waals surface area contributed by atoms with Crippen molar-refractivity contribution in [1.82, 2.24) is 25.1 Å². The normalized spacial score (nSPS) is 12.8. The van der Waals surface area contributed by atoms with E-state index in [1.807, 2.05) is 0 Å². The van der Waals surface area contributed by atoms with Crippen molar-refractivity contribution in [2.45, 2.75) is 6.54 Å². The summed E-state index contributed by atoms with van der Waals surface area (Å²) >= 11 is 0. The number of rotatable bonds is 4. The maximum absolute atomic E-state index is 12.4. The Morgan fingerprint density at radius 2 is 2.14 bits per heavy atom. The van der Waals surface area contributed by atoms with Gasteiger partial charge in [0.15, 0.2) is 12.3 Å². The van der Waals surface area contributed by atoms with Crippen molar-refractivity contribution in [2.75, 3.05) is 11.9 Å². The van der Waals surface area contributed by atoms with E-state index in [1.54, 1.807) is 18.2 Å². The van der Waals surface area contributed by atoms with E-state index in [9.17, 15) is 24.6 Å². The summed E-state index contributed by atoms with van der Waals surface area (Å²) in [5.41, 5.74) is 0.310. The summed E-state index contributed by atoms with van der Waals surface area (Å²) in [7, 11) is 0. The molecule has 0 spiro atoms. The first-order valence-corrected chi connectivity index (χ1v) is 7.95. The lowest BCUT2D eigenvalue weighted by atomic mass is 10.1.